The molecular formula is C27H49N5O5S. The van der Waals surface area contributed by atoms with E-state index in [0.29, 0.717) is 25.4 Å². The van der Waals surface area contributed by atoms with E-state index in [4.69, 9.17) is 15.2 Å². The Morgan fingerprint density at radius 2 is 1.61 bits per heavy atom. The van der Waals surface area contributed by atoms with E-state index in [1.807, 2.05) is 6.08 Å². The summed E-state index contributed by atoms with van der Waals surface area (Å²) in [6, 6.07) is 2.85. The molecule has 0 heterocycles. The van der Waals surface area contributed by atoms with E-state index in [9.17, 15) is 13.5 Å². The predicted molar refractivity (Wildman–Crippen MR) is 153 cm³/mol. The van der Waals surface area contributed by atoms with Crippen LogP contribution in [0.5, 0.6) is 11.5 Å². The molecule has 1 aromatic carbocycles. The quantitative estimate of drug-likeness (QED) is 0.104. The average Bonchev–Trinajstić information content (AvgIpc) is 2.89. The Balaban J connectivity index is 1.89. The van der Waals surface area contributed by atoms with Gasteiger partial charge in [0.05, 0.1) is 25.5 Å². The van der Waals surface area contributed by atoms with Crippen LogP contribution in [-0.4, -0.2) is 85.9 Å². The number of phenolic OH excluding ortho intramolecular Hbond substituents is 1. The molecule has 0 aliphatic heterocycles. The highest BCUT2D eigenvalue weighted by Gasteiger charge is 2.42. The van der Waals surface area contributed by atoms with Gasteiger partial charge in [0.15, 0.2) is 11.5 Å². The number of benzene rings is 1. The molecule has 38 heavy (non-hydrogen) atoms. The fourth-order valence-corrected chi connectivity index (χ4v) is 6.35. The second kappa shape index (κ2) is 17.1. The summed E-state index contributed by atoms with van der Waals surface area (Å²) in [6.07, 6.45) is 4.84. The van der Waals surface area contributed by atoms with Crippen LogP contribution >= 0.6 is 0 Å². The molecule has 0 fully saturated rings. The molecule has 218 valence electrons. The molecule has 0 bridgehead atoms. The minimum atomic E-state index is -3.61. The molecule has 1 unspecified atom stereocenters. The summed E-state index contributed by atoms with van der Waals surface area (Å²) in [5.74, 6) is 0.170. The third-order valence-corrected chi connectivity index (χ3v) is 8.52. The zero-order valence-electron chi connectivity index (χ0n) is 23.3. The van der Waals surface area contributed by atoms with Crippen molar-refractivity contribution < 1.29 is 23.0 Å². The molecule has 1 aromatic rings. The first-order valence-electron chi connectivity index (χ1n) is 13.6. The average molecular weight is 556 g/mol. The lowest BCUT2D eigenvalue weighted by Crippen LogP contribution is -2.44. The number of sulfonamides is 1. The number of allylic oxidation sites excluding steroid dienone is 1. The van der Waals surface area contributed by atoms with Crippen molar-refractivity contribution in [2.45, 2.75) is 38.1 Å². The number of phenols is 1. The van der Waals surface area contributed by atoms with Crippen LogP contribution in [-0.2, 0) is 14.8 Å². The molecule has 0 saturated heterocycles. The first-order valence-corrected chi connectivity index (χ1v) is 15.3. The summed E-state index contributed by atoms with van der Waals surface area (Å²) in [4.78, 5) is 0. The van der Waals surface area contributed by atoms with Gasteiger partial charge in [0.2, 0.25) is 10.0 Å². The van der Waals surface area contributed by atoms with Crippen LogP contribution in [0.2, 0.25) is 0 Å². The first-order chi connectivity index (χ1) is 18.3. The summed E-state index contributed by atoms with van der Waals surface area (Å²) < 4.78 is 39.9. The number of nitrogens with two attached hydrogens (primary N) is 1. The maximum Gasteiger partial charge on any atom is 0.213 e. The maximum atomic E-state index is 13.1. The van der Waals surface area contributed by atoms with E-state index in [1.54, 1.807) is 19.2 Å². The van der Waals surface area contributed by atoms with E-state index in [1.165, 1.54) is 7.11 Å². The number of hydrogen-bond donors (Lipinski definition) is 6. The van der Waals surface area contributed by atoms with Gasteiger partial charge in [-0.2, -0.15) is 0 Å². The summed E-state index contributed by atoms with van der Waals surface area (Å²) in [7, 11) is -0.505. The van der Waals surface area contributed by atoms with Gasteiger partial charge in [0.1, 0.15) is 0 Å². The van der Waals surface area contributed by atoms with Crippen molar-refractivity contribution in [2.75, 3.05) is 72.4 Å². The minimum Gasteiger partial charge on any atom is -0.504 e. The summed E-state index contributed by atoms with van der Waals surface area (Å²) in [5.41, 5.74) is 7.15. The first kappa shape index (κ1) is 32.5. The van der Waals surface area contributed by atoms with E-state index in [-0.39, 0.29) is 29.3 Å². The fraction of sp³-hybridized carbons (Fsp3) is 0.704. The van der Waals surface area contributed by atoms with Gasteiger partial charge in [-0.05, 0) is 93.6 Å². The summed E-state index contributed by atoms with van der Waals surface area (Å²) in [5, 5.41) is 20.5. The van der Waals surface area contributed by atoms with Crippen LogP contribution in [0.25, 0.3) is 0 Å². The second-order valence-electron chi connectivity index (χ2n) is 9.89. The Labute approximate surface area is 229 Å². The van der Waals surface area contributed by atoms with E-state index < -0.39 is 16.1 Å². The van der Waals surface area contributed by atoms with E-state index >= 15 is 0 Å². The van der Waals surface area contributed by atoms with E-state index in [0.717, 1.165) is 63.1 Å². The number of nitrogens with one attached hydrogen (secondary N) is 4. The van der Waals surface area contributed by atoms with E-state index in [2.05, 4.69) is 34.2 Å². The smallest absolute Gasteiger partial charge is 0.213 e. The lowest BCUT2D eigenvalue weighted by molar-refractivity contribution is 0.0986. The Kier molecular flexibility index (Phi) is 14.6. The number of ether oxygens (including phenoxy) is 2. The van der Waals surface area contributed by atoms with Crippen molar-refractivity contribution in [1.29, 1.82) is 0 Å². The third kappa shape index (κ3) is 9.78. The Bertz CT molecular complexity index is 946. The van der Waals surface area contributed by atoms with Crippen molar-refractivity contribution in [1.82, 2.24) is 20.7 Å². The van der Waals surface area contributed by atoms with Crippen LogP contribution < -0.4 is 31.1 Å². The largest absolute Gasteiger partial charge is 0.504 e. The molecule has 1 aliphatic rings. The molecular weight excluding hydrogens is 506 g/mol. The highest BCUT2D eigenvalue weighted by Crippen LogP contribution is 2.49. The molecule has 10 nitrogen and oxygen atoms in total. The number of hydrogen-bond acceptors (Lipinski definition) is 9. The number of methoxy groups -OCH3 is 2. The van der Waals surface area contributed by atoms with Gasteiger partial charge in [-0.3, -0.25) is 0 Å². The maximum absolute atomic E-state index is 13.1. The zero-order chi connectivity index (χ0) is 28.0. The monoisotopic (exact) mass is 555 g/mol. The number of aromatic hydroxyl groups is 1. The molecule has 0 spiro atoms. The molecule has 0 radical (unpaired) electrons. The highest BCUT2D eigenvalue weighted by molar-refractivity contribution is 7.89. The highest BCUT2D eigenvalue weighted by atomic mass is 32.2. The summed E-state index contributed by atoms with van der Waals surface area (Å²) in [6.45, 7) is 12.0. The number of rotatable bonds is 20. The predicted octanol–water partition coefficient (Wildman–Crippen LogP) is 1.44. The van der Waals surface area contributed by atoms with Crippen molar-refractivity contribution in [3.8, 4) is 11.5 Å². The van der Waals surface area contributed by atoms with Crippen molar-refractivity contribution >= 4 is 10.0 Å². The summed E-state index contributed by atoms with van der Waals surface area (Å²) >= 11 is 0. The minimum absolute atomic E-state index is 0.0169. The van der Waals surface area contributed by atoms with Gasteiger partial charge >= 0.3 is 0 Å². The van der Waals surface area contributed by atoms with Crippen LogP contribution in [0.15, 0.2) is 24.8 Å². The van der Waals surface area contributed by atoms with Gasteiger partial charge in [-0.1, -0.05) is 13.0 Å². The van der Waals surface area contributed by atoms with Gasteiger partial charge in [0, 0.05) is 19.6 Å². The van der Waals surface area contributed by atoms with Crippen LogP contribution in [0.1, 0.15) is 49.3 Å². The molecule has 0 amide bonds. The number of fused-ring (bicyclic) bond motifs is 1. The SMILES string of the molecule is C=C[C@@H]1C(C)c2cc(OC)c(O)cc2[C@@H](NS(=O)(=O)CCNCCCNCCCNCCCN)[C@H]1COC. The van der Waals surface area contributed by atoms with Gasteiger partial charge in [0.25, 0.3) is 0 Å². The topological polar surface area (TPSA) is 147 Å². The molecule has 11 heteroatoms. The third-order valence-electron chi connectivity index (χ3n) is 7.17. The molecule has 7 N–H and O–H groups in total. The lowest BCUT2D eigenvalue weighted by Gasteiger charge is -2.42. The normalized spacial score (nSPS) is 21.3. The Morgan fingerprint density at radius 1 is 1.00 bits per heavy atom. The molecule has 0 aromatic heterocycles. The van der Waals surface area contributed by atoms with Crippen LogP contribution in [0, 0.1) is 11.8 Å². The fourth-order valence-electron chi connectivity index (χ4n) is 5.13. The molecule has 0 saturated carbocycles. The zero-order valence-corrected chi connectivity index (χ0v) is 24.1. The van der Waals surface area contributed by atoms with Crippen molar-refractivity contribution in [3.63, 3.8) is 0 Å². The van der Waals surface area contributed by atoms with Gasteiger partial charge < -0.3 is 36.3 Å². The lowest BCUT2D eigenvalue weighted by atomic mass is 9.67. The molecule has 4 atom stereocenters. The molecule has 1 aliphatic carbocycles. The second-order valence-corrected chi connectivity index (χ2v) is 11.8. The standard InChI is InChI=1S/C27H49N5O5S/c1-5-21-20(2)22-18-26(37-4)25(33)17-23(22)27(24(21)19-36-3)32-38(34,35)16-15-31-14-8-13-30-12-7-11-29-10-6-9-28/h5,17-18,20-21,24,27,29-33H,1,6-16,19,28H2,2-4H3/t20?,21-,24+,27-/m1/s1. The van der Waals surface area contributed by atoms with Crippen molar-refractivity contribution in [2.24, 2.45) is 17.6 Å². The van der Waals surface area contributed by atoms with Crippen LogP contribution in [0.3, 0.4) is 0 Å². The molecule has 2 rings (SSSR count). The Morgan fingerprint density at radius 3 is 2.16 bits per heavy atom. The van der Waals surface area contributed by atoms with Crippen LogP contribution in [0.4, 0.5) is 0 Å². The van der Waals surface area contributed by atoms with Gasteiger partial charge in [-0.25, -0.2) is 13.1 Å². The van der Waals surface area contributed by atoms with Gasteiger partial charge in [-0.15, -0.1) is 6.58 Å². The van der Waals surface area contributed by atoms with Crippen molar-refractivity contribution in [3.05, 3.63) is 35.9 Å². The Hall–Kier alpha value is -1.73.